The Morgan fingerprint density at radius 2 is 1.95 bits per heavy atom. The van der Waals surface area contributed by atoms with Crippen molar-refractivity contribution in [3.05, 3.63) is 53.7 Å². The molecule has 208 valence electrons. The van der Waals surface area contributed by atoms with Crippen LogP contribution in [0.4, 0.5) is 15.6 Å². The van der Waals surface area contributed by atoms with Crippen LogP contribution in [0.5, 0.6) is 5.75 Å². The molecule has 0 saturated heterocycles. The van der Waals surface area contributed by atoms with E-state index in [1.54, 1.807) is 17.2 Å². The topological polar surface area (TPSA) is 137 Å². The summed E-state index contributed by atoms with van der Waals surface area (Å²) >= 11 is 1.37. The van der Waals surface area contributed by atoms with Crippen molar-refractivity contribution in [3.8, 4) is 17.0 Å². The third-order valence-electron chi connectivity index (χ3n) is 5.64. The van der Waals surface area contributed by atoms with Crippen molar-refractivity contribution in [1.82, 2.24) is 14.9 Å². The first-order valence-corrected chi connectivity index (χ1v) is 14.9. The van der Waals surface area contributed by atoms with Gasteiger partial charge in [0.15, 0.2) is 5.13 Å². The Balaban J connectivity index is 1.46. The molecule has 3 heterocycles. The van der Waals surface area contributed by atoms with Crippen molar-refractivity contribution in [3.63, 3.8) is 0 Å². The van der Waals surface area contributed by atoms with Gasteiger partial charge in [-0.15, -0.1) is 11.3 Å². The highest BCUT2D eigenvalue weighted by Crippen LogP contribution is 2.34. The van der Waals surface area contributed by atoms with Crippen LogP contribution in [-0.2, 0) is 14.8 Å². The molecule has 0 unspecified atom stereocenters. The van der Waals surface area contributed by atoms with E-state index in [9.17, 15) is 13.2 Å². The highest BCUT2D eigenvalue weighted by atomic mass is 32.2. The number of sulfonamides is 1. The second-order valence-corrected chi connectivity index (χ2v) is 12.8. The van der Waals surface area contributed by atoms with Crippen LogP contribution in [0.15, 0.2) is 52.9 Å². The molecule has 0 saturated carbocycles. The van der Waals surface area contributed by atoms with Crippen LogP contribution in [0.3, 0.4) is 0 Å². The number of aromatic nitrogens is 2. The van der Waals surface area contributed by atoms with E-state index in [1.807, 2.05) is 58.2 Å². The quantitative estimate of drug-likeness (QED) is 0.384. The van der Waals surface area contributed by atoms with Crippen LogP contribution < -0.4 is 15.2 Å². The lowest BCUT2D eigenvalue weighted by Gasteiger charge is -2.29. The highest BCUT2D eigenvalue weighted by molar-refractivity contribution is 7.89. The smallest absolute Gasteiger partial charge is 0.410 e. The fraction of sp³-hybridized carbons (Fsp3) is 0.370. The maximum absolute atomic E-state index is 12.3. The van der Waals surface area contributed by atoms with Crippen molar-refractivity contribution in [1.29, 1.82) is 0 Å². The summed E-state index contributed by atoms with van der Waals surface area (Å²) in [6, 6.07) is 8.33. The zero-order valence-corrected chi connectivity index (χ0v) is 24.2. The molecule has 4 rings (SSSR count). The number of primary sulfonamides is 1. The molecule has 0 bridgehead atoms. The van der Waals surface area contributed by atoms with E-state index in [0.717, 1.165) is 22.5 Å². The Morgan fingerprint density at radius 1 is 1.18 bits per heavy atom. The monoisotopic (exact) mass is 571 g/mol. The molecule has 1 aliphatic heterocycles. The molecular formula is C27H33N5O5S2. The Hall–Kier alpha value is -3.48. The first-order valence-electron chi connectivity index (χ1n) is 12.5. The Bertz CT molecular complexity index is 1470. The number of carbonyl (C=O) groups excluding carboxylic acids is 1. The summed E-state index contributed by atoms with van der Waals surface area (Å²) in [7, 11) is -3.88. The van der Waals surface area contributed by atoms with Gasteiger partial charge in [0.2, 0.25) is 10.0 Å². The summed E-state index contributed by atoms with van der Waals surface area (Å²) in [5, 5.41) is 10.9. The minimum absolute atomic E-state index is 0.0242. The minimum atomic E-state index is -3.88. The zero-order valence-electron chi connectivity index (χ0n) is 22.6. The molecule has 3 N–H and O–H groups in total. The van der Waals surface area contributed by atoms with Gasteiger partial charge in [-0.3, -0.25) is 4.98 Å². The van der Waals surface area contributed by atoms with Crippen molar-refractivity contribution in [2.24, 2.45) is 5.14 Å². The first-order chi connectivity index (χ1) is 18.3. The van der Waals surface area contributed by atoms with Gasteiger partial charge in [0.05, 0.1) is 28.1 Å². The van der Waals surface area contributed by atoms with Gasteiger partial charge in [0.25, 0.3) is 0 Å². The molecule has 39 heavy (non-hydrogen) atoms. The molecule has 0 spiro atoms. The molecular weight excluding hydrogens is 538 g/mol. The molecule has 1 aromatic carbocycles. The number of hydrogen-bond acceptors (Lipinski definition) is 9. The fourth-order valence-electron chi connectivity index (χ4n) is 3.85. The number of rotatable bonds is 7. The third-order valence-corrected chi connectivity index (χ3v) is 7.31. The number of nitrogens with two attached hydrogens (primary N) is 1. The number of pyridine rings is 1. The predicted octanol–water partition coefficient (Wildman–Crippen LogP) is 5.41. The summed E-state index contributed by atoms with van der Waals surface area (Å²) in [6.07, 6.45) is 4.04. The lowest BCUT2D eigenvalue weighted by atomic mass is 10.0. The van der Waals surface area contributed by atoms with E-state index in [1.165, 1.54) is 23.5 Å². The van der Waals surface area contributed by atoms with Crippen LogP contribution in [-0.4, -0.2) is 54.2 Å². The number of ether oxygens (including phenoxy) is 2. The van der Waals surface area contributed by atoms with Crippen molar-refractivity contribution < 1.29 is 22.7 Å². The summed E-state index contributed by atoms with van der Waals surface area (Å²) in [6.45, 7) is 10.4. The molecule has 0 radical (unpaired) electrons. The lowest BCUT2D eigenvalue weighted by Crippen LogP contribution is -2.39. The van der Waals surface area contributed by atoms with Gasteiger partial charge in [0, 0.05) is 30.2 Å². The number of nitrogens with zero attached hydrogens (tertiary/aromatic N) is 3. The molecule has 10 nitrogen and oxygen atoms in total. The molecule has 2 aromatic heterocycles. The van der Waals surface area contributed by atoms with E-state index < -0.39 is 15.6 Å². The first kappa shape index (κ1) is 28.5. The number of anilines is 2. The number of benzene rings is 1. The fourth-order valence-corrected chi connectivity index (χ4v) is 5.12. The Labute approximate surface area is 232 Å². The van der Waals surface area contributed by atoms with Crippen LogP contribution >= 0.6 is 11.3 Å². The molecule has 0 fully saturated rings. The van der Waals surface area contributed by atoms with E-state index >= 15 is 0 Å². The molecule has 1 amide bonds. The van der Waals surface area contributed by atoms with Gasteiger partial charge in [0.1, 0.15) is 11.4 Å². The number of nitrogens with one attached hydrogen (secondary N) is 1. The van der Waals surface area contributed by atoms with E-state index in [2.05, 4.69) is 15.3 Å². The maximum Gasteiger partial charge on any atom is 0.410 e. The van der Waals surface area contributed by atoms with Gasteiger partial charge < -0.3 is 19.7 Å². The lowest BCUT2D eigenvalue weighted by molar-refractivity contribution is 0.0270. The normalized spacial score (nSPS) is 14.2. The van der Waals surface area contributed by atoms with Crippen LogP contribution in [0.25, 0.3) is 16.8 Å². The number of carbonyl (C=O) groups is 1. The van der Waals surface area contributed by atoms with Gasteiger partial charge in [-0.2, -0.15) is 0 Å². The van der Waals surface area contributed by atoms with E-state index in [0.29, 0.717) is 36.1 Å². The number of thiazole rings is 1. The predicted molar refractivity (Wildman–Crippen MR) is 153 cm³/mol. The van der Waals surface area contributed by atoms with Crippen molar-refractivity contribution in [2.75, 3.05) is 18.4 Å². The third kappa shape index (κ3) is 7.55. The van der Waals surface area contributed by atoms with Gasteiger partial charge >= 0.3 is 6.09 Å². The second kappa shape index (κ2) is 11.3. The highest BCUT2D eigenvalue weighted by Gasteiger charge is 2.24. The SMILES string of the molecule is CC(C)Oc1ccc(S(N)(=O)=O)cc1Nc1nc(-c2ccc(C3=CCN(C(=O)OC(C)(C)C)CC3)nc2)cs1. The van der Waals surface area contributed by atoms with Crippen LogP contribution in [0.1, 0.15) is 46.7 Å². The molecule has 0 atom stereocenters. The Morgan fingerprint density at radius 3 is 2.54 bits per heavy atom. The van der Waals surface area contributed by atoms with E-state index in [-0.39, 0.29) is 17.1 Å². The summed E-state index contributed by atoms with van der Waals surface area (Å²) < 4.78 is 35.0. The molecule has 12 heteroatoms. The number of hydrogen-bond donors (Lipinski definition) is 2. The zero-order chi connectivity index (χ0) is 28.4. The molecule has 1 aliphatic rings. The standard InChI is InChI=1S/C27H33N5O5S2/c1-17(2)36-24-9-7-20(39(28,34)35)14-22(24)30-25-31-23(16-38-25)19-6-8-21(29-15-19)18-10-12-32(13-11-18)26(33)37-27(3,4)5/h6-10,14-17H,11-13H2,1-5H3,(H,30,31)(H2,28,34,35). The summed E-state index contributed by atoms with van der Waals surface area (Å²) in [5.41, 5.74) is 3.43. The van der Waals surface area contributed by atoms with Gasteiger partial charge in [-0.05, 0) is 76.9 Å². The van der Waals surface area contributed by atoms with Crippen molar-refractivity contribution >= 4 is 43.8 Å². The van der Waals surface area contributed by atoms with Gasteiger partial charge in [-0.1, -0.05) is 6.08 Å². The summed E-state index contributed by atoms with van der Waals surface area (Å²) in [4.78, 5) is 23.2. The van der Waals surface area contributed by atoms with Crippen LogP contribution in [0.2, 0.25) is 0 Å². The largest absolute Gasteiger partial charge is 0.489 e. The minimum Gasteiger partial charge on any atom is -0.489 e. The Kier molecular flexibility index (Phi) is 8.28. The molecule has 0 aliphatic carbocycles. The number of amides is 1. The average Bonchev–Trinajstić information content (AvgIpc) is 3.32. The second-order valence-electron chi connectivity index (χ2n) is 10.4. The molecule has 3 aromatic rings. The van der Waals surface area contributed by atoms with Crippen molar-refractivity contribution in [2.45, 2.75) is 57.6 Å². The van der Waals surface area contributed by atoms with Crippen LogP contribution in [0, 0.1) is 0 Å². The van der Waals surface area contributed by atoms with E-state index in [4.69, 9.17) is 14.6 Å². The maximum atomic E-state index is 12.3. The van der Waals surface area contributed by atoms with Gasteiger partial charge in [-0.25, -0.2) is 23.3 Å². The summed E-state index contributed by atoms with van der Waals surface area (Å²) in [5.74, 6) is 0.492. The average molecular weight is 572 g/mol.